The Morgan fingerprint density at radius 2 is 1.60 bits per heavy atom. The van der Waals surface area contributed by atoms with Gasteiger partial charge in [-0.15, -0.1) is 0 Å². The number of sulfonamides is 1. The maximum atomic E-state index is 14.5. The van der Waals surface area contributed by atoms with Crippen molar-refractivity contribution in [3.8, 4) is 5.75 Å². The fraction of sp³-hybridized carbons (Fsp3) is 0.409. The zero-order valence-electron chi connectivity index (χ0n) is 17.9. The Morgan fingerprint density at radius 1 is 1.03 bits per heavy atom. The molecule has 0 spiro atoms. The highest BCUT2D eigenvalue weighted by molar-refractivity contribution is 7.92. The van der Waals surface area contributed by atoms with Gasteiger partial charge in [0.15, 0.2) is 0 Å². The minimum Gasteiger partial charge on any atom is -0.497 e. The Bertz CT molecular complexity index is 951. The van der Waals surface area contributed by atoms with Gasteiger partial charge in [0.1, 0.15) is 18.1 Å². The van der Waals surface area contributed by atoms with Gasteiger partial charge in [-0.1, -0.05) is 39.8 Å². The number of nitrogens with zero attached hydrogens (tertiary/aromatic N) is 1. The van der Waals surface area contributed by atoms with E-state index in [1.807, 2.05) is 27.7 Å². The van der Waals surface area contributed by atoms with Gasteiger partial charge in [-0.05, 0) is 48.2 Å². The molecule has 8 heteroatoms. The van der Waals surface area contributed by atoms with Crippen molar-refractivity contribution in [3.63, 3.8) is 0 Å². The second-order valence-corrected chi connectivity index (χ2v) is 9.58. The van der Waals surface area contributed by atoms with Gasteiger partial charge in [0.25, 0.3) is 10.0 Å². The van der Waals surface area contributed by atoms with Gasteiger partial charge in [-0.25, -0.2) is 12.8 Å². The highest BCUT2D eigenvalue weighted by Gasteiger charge is 2.30. The van der Waals surface area contributed by atoms with Gasteiger partial charge >= 0.3 is 0 Å². The van der Waals surface area contributed by atoms with E-state index < -0.39 is 28.3 Å². The van der Waals surface area contributed by atoms with Crippen LogP contribution in [-0.2, 0) is 14.8 Å². The number of halogens is 1. The molecule has 1 N–H and O–H groups in total. The second-order valence-electron chi connectivity index (χ2n) is 7.72. The molecule has 0 saturated heterocycles. The first-order chi connectivity index (χ1) is 14.1. The lowest BCUT2D eigenvalue weighted by Gasteiger charge is -2.29. The molecule has 0 aliphatic heterocycles. The highest BCUT2D eigenvalue weighted by atomic mass is 32.2. The molecule has 30 heavy (non-hydrogen) atoms. The molecule has 2 aromatic carbocycles. The summed E-state index contributed by atoms with van der Waals surface area (Å²) in [4.78, 5) is 12.7. The molecule has 0 atom stereocenters. The Morgan fingerprint density at radius 3 is 2.10 bits per heavy atom. The number of para-hydroxylation sites is 1. The van der Waals surface area contributed by atoms with Crippen LogP contribution >= 0.6 is 0 Å². The van der Waals surface area contributed by atoms with Crippen LogP contribution in [0.2, 0.25) is 0 Å². The van der Waals surface area contributed by atoms with Crippen LogP contribution in [0.15, 0.2) is 53.4 Å². The van der Waals surface area contributed by atoms with Gasteiger partial charge < -0.3 is 10.1 Å². The predicted molar refractivity (Wildman–Crippen MR) is 116 cm³/mol. The van der Waals surface area contributed by atoms with Crippen molar-refractivity contribution >= 4 is 21.6 Å². The fourth-order valence-corrected chi connectivity index (χ4v) is 4.72. The summed E-state index contributed by atoms with van der Waals surface area (Å²) in [6.45, 7) is 7.38. The van der Waals surface area contributed by atoms with Gasteiger partial charge in [-0.2, -0.15) is 0 Å². The molecule has 0 bridgehead atoms. The SMILES string of the molecule is COc1ccc(S(=O)(=O)N(CC(=O)NC(C(C)C)C(C)C)c2ccccc2F)cc1. The topological polar surface area (TPSA) is 75.7 Å². The van der Waals surface area contributed by atoms with Crippen LogP contribution in [0.5, 0.6) is 5.75 Å². The van der Waals surface area contributed by atoms with E-state index in [9.17, 15) is 17.6 Å². The molecule has 0 aliphatic carbocycles. The van der Waals surface area contributed by atoms with Crippen molar-refractivity contribution in [1.29, 1.82) is 0 Å². The lowest BCUT2D eigenvalue weighted by molar-refractivity contribution is -0.121. The summed E-state index contributed by atoms with van der Waals surface area (Å²) < 4.78 is 47.0. The Balaban J connectivity index is 2.43. The van der Waals surface area contributed by atoms with Crippen LogP contribution in [0.3, 0.4) is 0 Å². The number of methoxy groups -OCH3 is 1. The Kier molecular flexibility index (Phi) is 7.83. The largest absolute Gasteiger partial charge is 0.497 e. The Labute approximate surface area is 178 Å². The third-order valence-corrected chi connectivity index (χ3v) is 6.59. The van der Waals surface area contributed by atoms with E-state index in [1.54, 1.807) is 0 Å². The van der Waals surface area contributed by atoms with E-state index in [4.69, 9.17) is 4.74 Å². The number of ether oxygens (including phenoxy) is 1. The summed E-state index contributed by atoms with van der Waals surface area (Å²) in [6.07, 6.45) is 0. The maximum absolute atomic E-state index is 14.5. The standard InChI is InChI=1S/C22H29FN2O4S/c1-15(2)22(16(3)4)24-21(26)14-25(20-9-7-6-8-19(20)23)30(27,28)18-12-10-17(29-5)11-13-18/h6-13,15-16,22H,14H2,1-5H3,(H,24,26). The summed E-state index contributed by atoms with van der Waals surface area (Å²) >= 11 is 0. The number of anilines is 1. The van der Waals surface area contributed by atoms with Crippen LogP contribution in [0.1, 0.15) is 27.7 Å². The van der Waals surface area contributed by atoms with E-state index in [1.165, 1.54) is 49.6 Å². The first kappa shape index (κ1) is 23.7. The van der Waals surface area contributed by atoms with Crippen molar-refractivity contribution in [3.05, 3.63) is 54.3 Å². The van der Waals surface area contributed by atoms with Gasteiger partial charge in [0, 0.05) is 6.04 Å². The molecule has 0 aliphatic rings. The van der Waals surface area contributed by atoms with Crippen molar-refractivity contribution in [1.82, 2.24) is 5.32 Å². The molecule has 0 heterocycles. The average Bonchev–Trinajstić information content (AvgIpc) is 2.70. The van der Waals surface area contributed by atoms with Gasteiger partial charge in [-0.3, -0.25) is 9.10 Å². The van der Waals surface area contributed by atoms with Crippen LogP contribution in [0, 0.1) is 17.7 Å². The molecular weight excluding hydrogens is 407 g/mol. The normalized spacial score (nSPS) is 11.8. The molecule has 2 rings (SSSR count). The maximum Gasteiger partial charge on any atom is 0.264 e. The lowest BCUT2D eigenvalue weighted by atomic mass is 9.93. The summed E-state index contributed by atoms with van der Waals surface area (Å²) in [5, 5.41) is 2.89. The third-order valence-electron chi connectivity index (χ3n) is 4.82. The van der Waals surface area contributed by atoms with Crippen LogP contribution in [0.4, 0.5) is 10.1 Å². The third kappa shape index (κ3) is 5.50. The molecule has 1 amide bonds. The summed E-state index contributed by atoms with van der Waals surface area (Å²) in [7, 11) is -2.72. The van der Waals surface area contributed by atoms with E-state index in [0.29, 0.717) is 5.75 Å². The smallest absolute Gasteiger partial charge is 0.264 e. The fourth-order valence-electron chi connectivity index (χ4n) is 3.29. The van der Waals surface area contributed by atoms with Gasteiger partial charge in [0.2, 0.25) is 5.91 Å². The number of hydrogen-bond donors (Lipinski definition) is 1. The Hall–Kier alpha value is -2.61. The zero-order valence-corrected chi connectivity index (χ0v) is 18.7. The molecule has 0 aromatic heterocycles. The van der Waals surface area contributed by atoms with Crippen molar-refractivity contribution in [2.45, 2.75) is 38.6 Å². The first-order valence-corrected chi connectivity index (χ1v) is 11.2. The van der Waals surface area contributed by atoms with Crippen molar-refractivity contribution in [2.24, 2.45) is 11.8 Å². The highest BCUT2D eigenvalue weighted by Crippen LogP contribution is 2.27. The molecule has 0 unspecified atom stereocenters. The van der Waals surface area contributed by atoms with Crippen LogP contribution < -0.4 is 14.4 Å². The molecule has 164 valence electrons. The van der Waals surface area contributed by atoms with E-state index in [2.05, 4.69) is 5.32 Å². The summed E-state index contributed by atoms with van der Waals surface area (Å²) in [5.74, 6) is -0.418. The monoisotopic (exact) mass is 436 g/mol. The zero-order chi connectivity index (χ0) is 22.5. The second kappa shape index (κ2) is 9.93. The van der Waals surface area contributed by atoms with Crippen LogP contribution in [-0.4, -0.2) is 34.0 Å². The minimum atomic E-state index is -4.20. The number of amides is 1. The van der Waals surface area contributed by atoms with E-state index in [0.717, 1.165) is 10.4 Å². The summed E-state index contributed by atoms with van der Waals surface area (Å²) in [6, 6.07) is 11.1. The number of rotatable bonds is 9. The molecule has 0 radical (unpaired) electrons. The number of hydrogen-bond acceptors (Lipinski definition) is 4. The quantitative estimate of drug-likeness (QED) is 0.648. The van der Waals surface area contributed by atoms with E-state index in [-0.39, 0.29) is 28.5 Å². The number of carbonyl (C=O) groups is 1. The lowest BCUT2D eigenvalue weighted by Crippen LogP contribution is -2.48. The predicted octanol–water partition coefficient (Wildman–Crippen LogP) is 3.83. The van der Waals surface area contributed by atoms with Gasteiger partial charge in [0.05, 0.1) is 17.7 Å². The molecule has 0 saturated carbocycles. The molecule has 2 aromatic rings. The van der Waals surface area contributed by atoms with Crippen molar-refractivity contribution in [2.75, 3.05) is 18.0 Å². The molecule has 6 nitrogen and oxygen atoms in total. The first-order valence-electron chi connectivity index (χ1n) is 9.78. The number of carbonyl (C=O) groups excluding carboxylic acids is 1. The minimum absolute atomic E-state index is 0.0661. The van der Waals surface area contributed by atoms with E-state index >= 15 is 0 Å². The summed E-state index contributed by atoms with van der Waals surface area (Å²) in [5.41, 5.74) is -0.186. The number of benzene rings is 2. The molecular formula is C22H29FN2O4S. The van der Waals surface area contributed by atoms with Crippen LogP contribution in [0.25, 0.3) is 0 Å². The van der Waals surface area contributed by atoms with Crippen molar-refractivity contribution < 1.29 is 22.3 Å². The average molecular weight is 437 g/mol. The number of nitrogens with one attached hydrogen (secondary N) is 1. The molecule has 0 fully saturated rings.